The van der Waals surface area contributed by atoms with Crippen LogP contribution in [0.3, 0.4) is 0 Å². The molecule has 4 rings (SSSR count). The molecule has 0 amide bonds. The summed E-state index contributed by atoms with van der Waals surface area (Å²) in [6.07, 6.45) is 10.6. The van der Waals surface area contributed by atoms with E-state index in [1.54, 1.807) is 0 Å². The van der Waals surface area contributed by atoms with Gasteiger partial charge in [-0.25, -0.2) is 0 Å². The first-order valence-electron chi connectivity index (χ1n) is 12.1. The summed E-state index contributed by atoms with van der Waals surface area (Å²) in [5.41, 5.74) is 0.681. The van der Waals surface area contributed by atoms with E-state index in [1.807, 2.05) is 7.11 Å². The van der Waals surface area contributed by atoms with Gasteiger partial charge in [-0.05, 0) is 104 Å². The van der Waals surface area contributed by atoms with Crippen molar-refractivity contribution in [1.82, 2.24) is 0 Å². The summed E-state index contributed by atoms with van der Waals surface area (Å²) in [6, 6.07) is 0. The molecule has 4 fully saturated rings. The number of carbonyl (C=O) groups is 1. The van der Waals surface area contributed by atoms with Gasteiger partial charge in [0.25, 0.3) is 0 Å². The molecule has 4 heteroatoms. The molecule has 4 aliphatic carbocycles. The van der Waals surface area contributed by atoms with Crippen molar-refractivity contribution in [1.29, 1.82) is 0 Å². The molecule has 0 saturated heterocycles. The summed E-state index contributed by atoms with van der Waals surface area (Å²) < 4.78 is 6.16. The molecule has 0 heterocycles. The van der Waals surface area contributed by atoms with E-state index in [9.17, 15) is 9.90 Å². The molecule has 2 N–H and O–H groups in total. The van der Waals surface area contributed by atoms with E-state index in [4.69, 9.17) is 9.84 Å². The predicted molar refractivity (Wildman–Crippen MR) is 113 cm³/mol. The maximum Gasteiger partial charge on any atom is 0.303 e. The number of aliphatic hydroxyl groups excluding tert-OH is 1. The number of fused-ring (bicyclic) bond motifs is 5. The Hall–Kier alpha value is -0.610. The van der Waals surface area contributed by atoms with Crippen LogP contribution in [0, 0.1) is 46.3 Å². The Morgan fingerprint density at radius 2 is 1.76 bits per heavy atom. The van der Waals surface area contributed by atoms with Crippen molar-refractivity contribution in [2.75, 3.05) is 7.11 Å². The maximum atomic E-state index is 11.1. The average Bonchev–Trinajstić information content (AvgIpc) is 3.03. The molecule has 4 saturated carbocycles. The quantitative estimate of drug-likeness (QED) is 0.664. The van der Waals surface area contributed by atoms with Gasteiger partial charge in [0.15, 0.2) is 0 Å². The molecule has 4 aliphatic rings. The Morgan fingerprint density at radius 1 is 1.07 bits per heavy atom. The van der Waals surface area contributed by atoms with Gasteiger partial charge in [-0.15, -0.1) is 0 Å². The summed E-state index contributed by atoms with van der Waals surface area (Å²) in [6.45, 7) is 7.34. The van der Waals surface area contributed by atoms with Crippen LogP contribution in [0.2, 0.25) is 0 Å². The van der Waals surface area contributed by atoms with Gasteiger partial charge >= 0.3 is 5.97 Å². The number of ether oxygens (including phenoxy) is 1. The SMILES string of the molecule is COC1C[C@@H]2C[C@H](O)CCC2(C)C2CCC3(C)[C@@H](C(C)CCC(=O)O)CC[C@H]3[C@@H]12. The fraction of sp³-hybridized carbons (Fsp3) is 0.960. The van der Waals surface area contributed by atoms with E-state index in [0.29, 0.717) is 58.9 Å². The molecule has 0 aliphatic heterocycles. The molecule has 166 valence electrons. The molecule has 10 atom stereocenters. The van der Waals surface area contributed by atoms with Crippen LogP contribution in [-0.2, 0) is 9.53 Å². The van der Waals surface area contributed by atoms with E-state index in [2.05, 4.69) is 20.8 Å². The highest BCUT2D eigenvalue weighted by Gasteiger charge is 2.63. The van der Waals surface area contributed by atoms with E-state index >= 15 is 0 Å². The lowest BCUT2D eigenvalue weighted by atomic mass is 9.43. The van der Waals surface area contributed by atoms with Crippen LogP contribution < -0.4 is 0 Å². The number of carboxylic acids is 1. The topological polar surface area (TPSA) is 66.8 Å². The molecule has 0 aromatic rings. The van der Waals surface area contributed by atoms with Gasteiger partial charge in [-0.2, -0.15) is 0 Å². The smallest absolute Gasteiger partial charge is 0.303 e. The zero-order valence-electron chi connectivity index (χ0n) is 18.9. The second kappa shape index (κ2) is 7.82. The van der Waals surface area contributed by atoms with Gasteiger partial charge in [0, 0.05) is 13.5 Å². The van der Waals surface area contributed by atoms with Gasteiger partial charge in [-0.1, -0.05) is 20.8 Å². The predicted octanol–water partition coefficient (Wildman–Crippen LogP) is 5.13. The average molecular weight is 407 g/mol. The summed E-state index contributed by atoms with van der Waals surface area (Å²) in [4.78, 5) is 11.1. The molecular formula is C25H42O4. The molecule has 4 nitrogen and oxygen atoms in total. The third-order valence-electron chi connectivity index (χ3n) is 10.5. The largest absolute Gasteiger partial charge is 0.481 e. The number of rotatable bonds is 5. The van der Waals surface area contributed by atoms with E-state index < -0.39 is 5.97 Å². The van der Waals surface area contributed by atoms with E-state index in [0.717, 1.165) is 32.1 Å². The van der Waals surface area contributed by atoms with Crippen molar-refractivity contribution in [2.45, 2.75) is 97.2 Å². The normalized spacial score (nSPS) is 50.3. The van der Waals surface area contributed by atoms with Gasteiger partial charge in [0.05, 0.1) is 12.2 Å². The minimum Gasteiger partial charge on any atom is -0.481 e. The first-order valence-corrected chi connectivity index (χ1v) is 12.1. The van der Waals surface area contributed by atoms with Crippen molar-refractivity contribution in [3.63, 3.8) is 0 Å². The number of hydrogen-bond donors (Lipinski definition) is 2. The number of aliphatic carboxylic acids is 1. The standard InChI is InChI=1S/C25H42O4/c1-15(5-8-22(27)28)18-6-7-19-23-20(10-12-25(18,19)3)24(2)11-9-17(26)13-16(24)14-21(23)29-4/h15-21,23,26H,5-14H2,1-4H3,(H,27,28)/t15?,16-,17+,18+,19-,20?,21?,23+,24?,25?/m0/s1. The maximum absolute atomic E-state index is 11.1. The van der Waals surface area contributed by atoms with Gasteiger partial charge < -0.3 is 14.9 Å². The van der Waals surface area contributed by atoms with Crippen LogP contribution in [0.5, 0.6) is 0 Å². The third-order valence-corrected chi connectivity index (χ3v) is 10.5. The molecule has 29 heavy (non-hydrogen) atoms. The van der Waals surface area contributed by atoms with E-state index in [1.165, 1.54) is 25.7 Å². The van der Waals surface area contributed by atoms with Crippen molar-refractivity contribution in [2.24, 2.45) is 46.3 Å². The number of methoxy groups -OCH3 is 1. The van der Waals surface area contributed by atoms with Gasteiger partial charge in [0.1, 0.15) is 0 Å². The van der Waals surface area contributed by atoms with Crippen LogP contribution in [0.15, 0.2) is 0 Å². The third kappa shape index (κ3) is 3.46. The van der Waals surface area contributed by atoms with Crippen molar-refractivity contribution < 1.29 is 19.7 Å². The number of carboxylic acid groups (broad SMARTS) is 1. The first-order chi connectivity index (χ1) is 13.7. The number of aliphatic hydroxyl groups is 1. The highest BCUT2D eigenvalue weighted by Crippen LogP contribution is 2.68. The van der Waals surface area contributed by atoms with Crippen LogP contribution >= 0.6 is 0 Å². The molecule has 0 spiro atoms. The Balaban J connectivity index is 1.58. The second-order valence-corrected chi connectivity index (χ2v) is 11.6. The molecular weight excluding hydrogens is 364 g/mol. The van der Waals surface area contributed by atoms with Crippen LogP contribution in [0.25, 0.3) is 0 Å². The Morgan fingerprint density at radius 3 is 2.45 bits per heavy atom. The summed E-state index contributed by atoms with van der Waals surface area (Å²) in [5.74, 6) is 3.10. The molecule has 0 radical (unpaired) electrons. The molecule has 0 bridgehead atoms. The summed E-state index contributed by atoms with van der Waals surface area (Å²) >= 11 is 0. The van der Waals surface area contributed by atoms with Gasteiger partial charge in [-0.3, -0.25) is 4.79 Å². The Bertz CT molecular complexity index is 620. The van der Waals surface area contributed by atoms with Crippen molar-refractivity contribution in [3.05, 3.63) is 0 Å². The van der Waals surface area contributed by atoms with Crippen molar-refractivity contribution >= 4 is 5.97 Å². The minimum absolute atomic E-state index is 0.123. The molecule has 0 aromatic carbocycles. The fourth-order valence-corrected chi connectivity index (χ4v) is 8.95. The summed E-state index contributed by atoms with van der Waals surface area (Å²) in [5, 5.41) is 19.5. The monoisotopic (exact) mass is 406 g/mol. The zero-order valence-corrected chi connectivity index (χ0v) is 18.9. The lowest BCUT2D eigenvalue weighted by molar-refractivity contribution is -0.181. The van der Waals surface area contributed by atoms with Crippen LogP contribution in [-0.4, -0.2) is 35.5 Å². The minimum atomic E-state index is -0.662. The van der Waals surface area contributed by atoms with Crippen LogP contribution in [0.1, 0.15) is 85.0 Å². The van der Waals surface area contributed by atoms with Crippen LogP contribution in [0.4, 0.5) is 0 Å². The van der Waals surface area contributed by atoms with Crippen molar-refractivity contribution in [3.8, 4) is 0 Å². The van der Waals surface area contributed by atoms with Gasteiger partial charge in [0.2, 0.25) is 0 Å². The Kier molecular flexibility index (Phi) is 5.83. The first kappa shape index (κ1) is 21.6. The number of hydrogen-bond acceptors (Lipinski definition) is 3. The highest BCUT2D eigenvalue weighted by atomic mass is 16.5. The molecule has 0 aromatic heterocycles. The lowest BCUT2D eigenvalue weighted by Gasteiger charge is -2.63. The fourth-order valence-electron chi connectivity index (χ4n) is 8.95. The zero-order chi connectivity index (χ0) is 21.0. The summed E-state index contributed by atoms with van der Waals surface area (Å²) in [7, 11) is 1.90. The second-order valence-electron chi connectivity index (χ2n) is 11.6. The van der Waals surface area contributed by atoms with E-state index in [-0.39, 0.29) is 6.10 Å². The lowest BCUT2D eigenvalue weighted by Crippen LogP contribution is -2.59. The Labute approximate surface area is 176 Å². The molecule has 5 unspecified atom stereocenters. The highest BCUT2D eigenvalue weighted by molar-refractivity contribution is 5.66.